The zero-order valence-corrected chi connectivity index (χ0v) is 8.77. The number of aromatic hydroxyl groups is 1. The summed E-state index contributed by atoms with van der Waals surface area (Å²) >= 11 is 0. The number of aliphatic carboxylic acids is 1. The van der Waals surface area contributed by atoms with Crippen molar-refractivity contribution in [2.24, 2.45) is 0 Å². The number of rotatable bonds is 5. The second kappa shape index (κ2) is 5.16. The van der Waals surface area contributed by atoms with Gasteiger partial charge in [-0.15, -0.1) is 0 Å². The van der Waals surface area contributed by atoms with Crippen LogP contribution in [-0.2, 0) is 16.0 Å². The maximum absolute atomic E-state index is 11.0. The van der Waals surface area contributed by atoms with Gasteiger partial charge < -0.3 is 14.9 Å². The topological polar surface area (TPSA) is 83.8 Å². The molecular weight excluding hydrogens is 212 g/mol. The summed E-state index contributed by atoms with van der Waals surface area (Å²) in [5, 5.41) is 17.8. The smallest absolute Gasteiger partial charge is 0.372 e. The quantitative estimate of drug-likeness (QED) is 0.728. The van der Waals surface area contributed by atoms with Crippen molar-refractivity contribution in [1.29, 1.82) is 0 Å². The van der Waals surface area contributed by atoms with Crippen molar-refractivity contribution in [1.82, 2.24) is 0 Å². The number of benzene rings is 1. The summed E-state index contributed by atoms with van der Waals surface area (Å²) in [5.74, 6) is -2.15. The van der Waals surface area contributed by atoms with Gasteiger partial charge in [-0.1, -0.05) is 6.07 Å². The van der Waals surface area contributed by atoms with Crippen molar-refractivity contribution in [2.75, 3.05) is 6.61 Å². The summed E-state index contributed by atoms with van der Waals surface area (Å²) in [6.45, 7) is 2.14. The first-order valence-electron chi connectivity index (χ1n) is 4.75. The van der Waals surface area contributed by atoms with E-state index < -0.39 is 11.8 Å². The van der Waals surface area contributed by atoms with Crippen molar-refractivity contribution in [3.8, 4) is 11.5 Å². The molecule has 0 radical (unpaired) electrons. The fraction of sp³-hybridized carbons (Fsp3) is 0.273. The van der Waals surface area contributed by atoms with E-state index in [1.54, 1.807) is 6.92 Å². The first-order valence-corrected chi connectivity index (χ1v) is 4.75. The van der Waals surface area contributed by atoms with Gasteiger partial charge in [0.25, 0.3) is 0 Å². The van der Waals surface area contributed by atoms with Crippen molar-refractivity contribution in [3.63, 3.8) is 0 Å². The van der Waals surface area contributed by atoms with Crippen molar-refractivity contribution >= 4 is 11.8 Å². The van der Waals surface area contributed by atoms with Crippen LogP contribution in [0.1, 0.15) is 12.5 Å². The summed E-state index contributed by atoms with van der Waals surface area (Å²) in [6, 6.07) is 4.31. The number of ketones is 1. The predicted octanol–water partition coefficient (Wildman–Crippen LogP) is 0.987. The second-order valence-electron chi connectivity index (χ2n) is 3.14. The summed E-state index contributed by atoms with van der Waals surface area (Å²) < 4.78 is 5.11. The highest BCUT2D eigenvalue weighted by Gasteiger charge is 2.13. The molecule has 0 saturated carbocycles. The number of phenols is 1. The Labute approximate surface area is 92.3 Å². The van der Waals surface area contributed by atoms with Crippen LogP contribution < -0.4 is 4.74 Å². The number of phenolic OH excluding ortho intramolecular Hbond substituents is 1. The van der Waals surface area contributed by atoms with Gasteiger partial charge in [-0.3, -0.25) is 4.79 Å². The number of ether oxygens (including phenoxy) is 1. The normalized spacial score (nSPS) is 9.81. The lowest BCUT2D eigenvalue weighted by molar-refractivity contribution is -0.148. The molecule has 5 heteroatoms. The molecule has 0 fully saturated rings. The average Bonchev–Trinajstić information content (AvgIpc) is 2.23. The van der Waals surface area contributed by atoms with E-state index in [2.05, 4.69) is 0 Å². The molecule has 0 heterocycles. The van der Waals surface area contributed by atoms with Crippen molar-refractivity contribution in [3.05, 3.63) is 23.8 Å². The van der Waals surface area contributed by atoms with E-state index in [1.807, 2.05) is 0 Å². The average molecular weight is 224 g/mol. The third-order valence-electron chi connectivity index (χ3n) is 1.93. The van der Waals surface area contributed by atoms with Crippen LogP contribution in [0, 0.1) is 0 Å². The Morgan fingerprint density at radius 1 is 1.38 bits per heavy atom. The molecule has 0 saturated heterocycles. The molecule has 1 aromatic rings. The molecule has 0 bridgehead atoms. The Morgan fingerprint density at radius 2 is 2.06 bits per heavy atom. The molecule has 0 amide bonds. The zero-order valence-electron chi connectivity index (χ0n) is 8.77. The van der Waals surface area contributed by atoms with Gasteiger partial charge >= 0.3 is 5.97 Å². The molecule has 1 aromatic carbocycles. The second-order valence-corrected chi connectivity index (χ2v) is 3.14. The van der Waals surface area contributed by atoms with Gasteiger partial charge in [0.2, 0.25) is 5.78 Å². The van der Waals surface area contributed by atoms with E-state index >= 15 is 0 Å². The minimum Gasteiger partial charge on any atom is -0.504 e. The number of Topliss-reactive ketones (excluding diaryl/α,β-unsaturated/α-hetero) is 1. The summed E-state index contributed by atoms with van der Waals surface area (Å²) in [7, 11) is 0. The minimum atomic E-state index is -1.47. The predicted molar refractivity (Wildman–Crippen MR) is 55.6 cm³/mol. The van der Waals surface area contributed by atoms with E-state index in [4.69, 9.17) is 9.84 Å². The maximum atomic E-state index is 11.0. The minimum absolute atomic E-state index is 0.0339. The molecule has 0 aliphatic carbocycles. The first-order chi connectivity index (χ1) is 7.54. The Morgan fingerprint density at radius 3 is 2.62 bits per heavy atom. The Bertz CT molecular complexity index is 411. The fourth-order valence-electron chi connectivity index (χ4n) is 1.20. The van der Waals surface area contributed by atoms with Crippen LogP contribution in [-0.4, -0.2) is 28.6 Å². The van der Waals surface area contributed by atoms with Crippen LogP contribution in [0.15, 0.2) is 18.2 Å². The van der Waals surface area contributed by atoms with Crippen LogP contribution in [0.3, 0.4) is 0 Å². The van der Waals surface area contributed by atoms with Gasteiger partial charge in [0.1, 0.15) is 0 Å². The summed E-state index contributed by atoms with van der Waals surface area (Å²) in [6.07, 6.45) is -0.213. The van der Waals surface area contributed by atoms with Crippen molar-refractivity contribution < 1.29 is 24.5 Å². The molecule has 1 rings (SSSR count). The number of carboxylic acid groups (broad SMARTS) is 1. The fourth-order valence-corrected chi connectivity index (χ4v) is 1.20. The number of hydrogen-bond donors (Lipinski definition) is 2. The highest BCUT2D eigenvalue weighted by atomic mass is 16.5. The standard InChI is InChI=1S/C11H12O5/c1-2-16-10-6-7(3-4-8(10)12)5-9(13)11(14)15/h3-4,6,12H,2,5H2,1H3,(H,14,15). The Kier molecular flexibility index (Phi) is 3.88. The third kappa shape index (κ3) is 2.98. The van der Waals surface area contributed by atoms with E-state index in [0.717, 1.165) is 0 Å². The molecule has 0 unspecified atom stereocenters. The maximum Gasteiger partial charge on any atom is 0.372 e. The molecule has 86 valence electrons. The lowest BCUT2D eigenvalue weighted by Crippen LogP contribution is -2.15. The molecule has 0 aliphatic heterocycles. The van der Waals surface area contributed by atoms with Gasteiger partial charge in [-0.25, -0.2) is 4.79 Å². The molecule has 0 aliphatic rings. The van der Waals surface area contributed by atoms with E-state index in [9.17, 15) is 14.7 Å². The van der Waals surface area contributed by atoms with Crippen LogP contribution in [0.25, 0.3) is 0 Å². The van der Waals surface area contributed by atoms with Gasteiger partial charge in [0, 0.05) is 6.42 Å². The largest absolute Gasteiger partial charge is 0.504 e. The summed E-state index contributed by atoms with van der Waals surface area (Å²) in [4.78, 5) is 21.3. The number of hydrogen-bond acceptors (Lipinski definition) is 4. The van der Waals surface area contributed by atoms with Crippen LogP contribution >= 0.6 is 0 Å². The molecule has 2 N–H and O–H groups in total. The molecule has 0 spiro atoms. The third-order valence-corrected chi connectivity index (χ3v) is 1.93. The van der Waals surface area contributed by atoms with E-state index in [0.29, 0.717) is 12.2 Å². The number of carboxylic acids is 1. The lowest BCUT2D eigenvalue weighted by Gasteiger charge is -2.07. The SMILES string of the molecule is CCOc1cc(CC(=O)C(=O)O)ccc1O. The van der Waals surface area contributed by atoms with Gasteiger partial charge in [0.15, 0.2) is 11.5 Å². The molecule has 16 heavy (non-hydrogen) atoms. The molecular formula is C11H12O5. The summed E-state index contributed by atoms with van der Waals surface area (Å²) in [5.41, 5.74) is 0.494. The first kappa shape index (κ1) is 12.0. The highest BCUT2D eigenvalue weighted by Crippen LogP contribution is 2.26. The van der Waals surface area contributed by atoms with E-state index in [1.165, 1.54) is 18.2 Å². The number of carbonyl (C=O) groups is 2. The van der Waals surface area contributed by atoms with Crippen LogP contribution in [0.5, 0.6) is 11.5 Å². The monoisotopic (exact) mass is 224 g/mol. The van der Waals surface area contributed by atoms with Crippen molar-refractivity contribution in [2.45, 2.75) is 13.3 Å². The van der Waals surface area contributed by atoms with Gasteiger partial charge in [-0.05, 0) is 24.6 Å². The van der Waals surface area contributed by atoms with Gasteiger partial charge in [-0.2, -0.15) is 0 Å². The lowest BCUT2D eigenvalue weighted by atomic mass is 10.1. The Balaban J connectivity index is 2.86. The number of carbonyl (C=O) groups excluding carboxylic acids is 1. The molecule has 5 nitrogen and oxygen atoms in total. The highest BCUT2D eigenvalue weighted by molar-refractivity contribution is 6.33. The Hall–Kier alpha value is -2.04. The molecule has 0 aromatic heterocycles. The van der Waals surface area contributed by atoms with Gasteiger partial charge in [0.05, 0.1) is 6.61 Å². The van der Waals surface area contributed by atoms with Crippen LogP contribution in [0.2, 0.25) is 0 Å². The molecule has 0 atom stereocenters. The zero-order chi connectivity index (χ0) is 12.1. The van der Waals surface area contributed by atoms with Crippen LogP contribution in [0.4, 0.5) is 0 Å². The van der Waals surface area contributed by atoms with E-state index in [-0.39, 0.29) is 17.9 Å².